The van der Waals surface area contributed by atoms with Crippen LogP contribution >= 0.6 is 0 Å². The van der Waals surface area contributed by atoms with Gasteiger partial charge in [-0.15, -0.1) is 5.10 Å². The van der Waals surface area contributed by atoms with E-state index in [1.54, 1.807) is 13.0 Å². The SMILES string of the molecule is Cc1nnnn1-c1cc(NC(=O)c2cccc(S(=O)(=O)N3CC(C)CC(C)C3)c2)ccc1F. The van der Waals surface area contributed by atoms with E-state index in [9.17, 15) is 17.6 Å². The highest BCUT2D eigenvalue weighted by molar-refractivity contribution is 7.89. The van der Waals surface area contributed by atoms with Crippen molar-refractivity contribution in [1.29, 1.82) is 0 Å². The molecule has 4 rings (SSSR count). The van der Waals surface area contributed by atoms with Crippen molar-refractivity contribution in [3.8, 4) is 5.69 Å². The number of carbonyl (C=O) groups excluding carboxylic acids is 1. The van der Waals surface area contributed by atoms with Gasteiger partial charge in [-0.1, -0.05) is 19.9 Å². The van der Waals surface area contributed by atoms with Crippen molar-refractivity contribution in [2.45, 2.75) is 32.1 Å². The fourth-order valence-corrected chi connectivity index (χ4v) is 5.89. The third-order valence-corrected chi connectivity index (χ3v) is 7.45. The highest BCUT2D eigenvalue weighted by atomic mass is 32.2. The van der Waals surface area contributed by atoms with Crippen molar-refractivity contribution in [3.63, 3.8) is 0 Å². The first-order valence-electron chi connectivity index (χ1n) is 10.6. The Hall–Kier alpha value is -3.18. The Bertz CT molecular complexity index is 1280. The largest absolute Gasteiger partial charge is 0.322 e. The monoisotopic (exact) mass is 472 g/mol. The second-order valence-electron chi connectivity index (χ2n) is 8.55. The molecule has 1 saturated heterocycles. The van der Waals surface area contributed by atoms with E-state index in [4.69, 9.17) is 0 Å². The number of rotatable bonds is 5. The van der Waals surface area contributed by atoms with Crippen LogP contribution in [0.25, 0.3) is 5.69 Å². The summed E-state index contributed by atoms with van der Waals surface area (Å²) < 4.78 is 43.4. The second-order valence-corrected chi connectivity index (χ2v) is 10.5. The van der Waals surface area contributed by atoms with Crippen LogP contribution < -0.4 is 5.32 Å². The Kier molecular flexibility index (Phi) is 6.26. The lowest BCUT2D eigenvalue weighted by molar-refractivity contribution is 0.102. The Morgan fingerprint density at radius 1 is 1.12 bits per heavy atom. The van der Waals surface area contributed by atoms with E-state index in [0.29, 0.717) is 24.6 Å². The molecule has 2 atom stereocenters. The lowest BCUT2D eigenvalue weighted by atomic mass is 9.94. The molecule has 0 aliphatic carbocycles. The number of halogens is 1. The predicted octanol–water partition coefficient (Wildman–Crippen LogP) is 3.03. The molecule has 0 bridgehead atoms. The number of aryl methyl sites for hydroxylation is 1. The minimum absolute atomic E-state index is 0.0700. The summed E-state index contributed by atoms with van der Waals surface area (Å²) in [5.41, 5.74) is 0.580. The maximum Gasteiger partial charge on any atom is 0.255 e. The van der Waals surface area contributed by atoms with Gasteiger partial charge in [0.1, 0.15) is 11.5 Å². The zero-order valence-electron chi connectivity index (χ0n) is 18.6. The van der Waals surface area contributed by atoms with Crippen molar-refractivity contribution >= 4 is 21.6 Å². The van der Waals surface area contributed by atoms with E-state index in [0.717, 1.165) is 6.42 Å². The molecule has 1 fully saturated rings. The zero-order chi connectivity index (χ0) is 23.8. The molecule has 1 aliphatic heterocycles. The molecule has 1 aromatic heterocycles. The van der Waals surface area contributed by atoms with Crippen molar-refractivity contribution in [3.05, 3.63) is 59.7 Å². The molecule has 2 aromatic carbocycles. The van der Waals surface area contributed by atoms with Gasteiger partial charge in [0.05, 0.1) is 4.90 Å². The minimum Gasteiger partial charge on any atom is -0.322 e. The number of sulfonamides is 1. The van der Waals surface area contributed by atoms with Gasteiger partial charge in [0, 0.05) is 24.3 Å². The molecule has 0 radical (unpaired) electrons. The molecule has 9 nitrogen and oxygen atoms in total. The minimum atomic E-state index is -3.73. The van der Waals surface area contributed by atoms with Crippen LogP contribution in [0.15, 0.2) is 47.4 Å². The number of carbonyl (C=O) groups is 1. The highest BCUT2D eigenvalue weighted by Gasteiger charge is 2.32. The van der Waals surface area contributed by atoms with Crippen molar-refractivity contribution < 1.29 is 17.6 Å². The maximum absolute atomic E-state index is 14.3. The van der Waals surface area contributed by atoms with Gasteiger partial charge < -0.3 is 5.32 Å². The summed E-state index contributed by atoms with van der Waals surface area (Å²) in [5, 5.41) is 13.7. The van der Waals surface area contributed by atoms with Crippen LogP contribution in [0.2, 0.25) is 0 Å². The number of piperidine rings is 1. The molecule has 174 valence electrons. The number of nitrogens with zero attached hydrogens (tertiary/aromatic N) is 5. The molecule has 3 aromatic rings. The molecule has 2 unspecified atom stereocenters. The van der Waals surface area contributed by atoms with Gasteiger partial charge in [-0.25, -0.2) is 12.8 Å². The molecule has 0 spiro atoms. The molecule has 1 N–H and O–H groups in total. The zero-order valence-corrected chi connectivity index (χ0v) is 19.4. The summed E-state index contributed by atoms with van der Waals surface area (Å²) in [5.74, 6) is -0.144. The molecular weight excluding hydrogens is 447 g/mol. The van der Waals surface area contributed by atoms with E-state index in [-0.39, 0.29) is 28.0 Å². The van der Waals surface area contributed by atoms with Crippen LogP contribution in [-0.2, 0) is 10.0 Å². The fourth-order valence-electron chi connectivity index (χ4n) is 4.16. The van der Waals surface area contributed by atoms with Crippen LogP contribution in [-0.4, -0.2) is 51.9 Å². The summed E-state index contributed by atoms with van der Waals surface area (Å²) in [6, 6.07) is 9.95. The van der Waals surface area contributed by atoms with Crippen molar-refractivity contribution in [2.75, 3.05) is 18.4 Å². The quantitative estimate of drug-likeness (QED) is 0.611. The van der Waals surface area contributed by atoms with Crippen LogP contribution in [0.1, 0.15) is 36.5 Å². The summed E-state index contributed by atoms with van der Waals surface area (Å²) in [6.07, 6.45) is 0.984. The first-order valence-corrected chi connectivity index (χ1v) is 12.1. The van der Waals surface area contributed by atoms with E-state index >= 15 is 0 Å². The number of nitrogens with one attached hydrogen (secondary N) is 1. The molecular formula is C22H25FN6O3S. The van der Waals surface area contributed by atoms with Gasteiger partial charge in [-0.3, -0.25) is 4.79 Å². The lowest BCUT2D eigenvalue weighted by Gasteiger charge is -2.34. The summed E-state index contributed by atoms with van der Waals surface area (Å²) in [6.45, 7) is 6.61. The van der Waals surface area contributed by atoms with Crippen LogP contribution in [0.4, 0.5) is 10.1 Å². The van der Waals surface area contributed by atoms with Crippen LogP contribution in [0.5, 0.6) is 0 Å². The first-order chi connectivity index (χ1) is 15.6. The smallest absolute Gasteiger partial charge is 0.255 e. The highest BCUT2D eigenvalue weighted by Crippen LogP contribution is 2.27. The van der Waals surface area contributed by atoms with Crippen molar-refractivity contribution in [2.24, 2.45) is 11.8 Å². The third kappa shape index (κ3) is 4.79. The summed E-state index contributed by atoms with van der Waals surface area (Å²) in [7, 11) is -3.73. The number of anilines is 1. The Morgan fingerprint density at radius 3 is 2.52 bits per heavy atom. The van der Waals surface area contributed by atoms with Gasteiger partial charge in [0.15, 0.2) is 5.82 Å². The topological polar surface area (TPSA) is 110 Å². The summed E-state index contributed by atoms with van der Waals surface area (Å²) in [4.78, 5) is 12.9. The van der Waals surface area contributed by atoms with Crippen LogP contribution in [0, 0.1) is 24.6 Å². The maximum atomic E-state index is 14.3. The number of tetrazole rings is 1. The number of hydrogen-bond donors (Lipinski definition) is 1. The molecule has 0 saturated carbocycles. The molecule has 1 amide bonds. The Labute approximate surface area is 191 Å². The Morgan fingerprint density at radius 2 is 1.85 bits per heavy atom. The molecule has 2 heterocycles. The number of benzene rings is 2. The summed E-state index contributed by atoms with van der Waals surface area (Å²) >= 11 is 0. The van der Waals surface area contributed by atoms with E-state index in [2.05, 4.69) is 20.8 Å². The van der Waals surface area contributed by atoms with E-state index in [1.165, 1.54) is 45.4 Å². The van der Waals surface area contributed by atoms with E-state index in [1.807, 2.05) is 13.8 Å². The first kappa shape index (κ1) is 23.0. The van der Waals surface area contributed by atoms with Gasteiger partial charge in [0.25, 0.3) is 5.91 Å². The van der Waals surface area contributed by atoms with Crippen LogP contribution in [0.3, 0.4) is 0 Å². The third-order valence-electron chi connectivity index (χ3n) is 5.63. The Balaban J connectivity index is 1.57. The van der Waals surface area contributed by atoms with Gasteiger partial charge >= 0.3 is 0 Å². The molecule has 1 aliphatic rings. The number of amides is 1. The molecule has 33 heavy (non-hydrogen) atoms. The van der Waals surface area contributed by atoms with Crippen molar-refractivity contribution in [1.82, 2.24) is 24.5 Å². The average molecular weight is 473 g/mol. The second kappa shape index (κ2) is 8.99. The fraction of sp³-hybridized carbons (Fsp3) is 0.364. The standard InChI is InChI=1S/C22H25FN6O3S/c1-14-9-15(2)13-28(12-14)33(31,32)19-6-4-5-17(10-19)22(30)24-18-7-8-20(23)21(11-18)29-16(3)25-26-27-29/h4-8,10-11,14-15H,9,12-13H2,1-3H3,(H,24,30). The van der Waals surface area contributed by atoms with E-state index < -0.39 is 21.7 Å². The predicted molar refractivity (Wildman–Crippen MR) is 120 cm³/mol. The normalized spacial score (nSPS) is 19.4. The average Bonchev–Trinajstić information content (AvgIpc) is 3.20. The number of aromatic nitrogens is 4. The lowest BCUT2D eigenvalue weighted by Crippen LogP contribution is -2.42. The number of hydrogen-bond acceptors (Lipinski definition) is 6. The van der Waals surface area contributed by atoms with Gasteiger partial charge in [-0.2, -0.15) is 8.99 Å². The van der Waals surface area contributed by atoms with Gasteiger partial charge in [0.2, 0.25) is 10.0 Å². The van der Waals surface area contributed by atoms with Gasteiger partial charge in [-0.05, 0) is 72.0 Å². The molecule has 11 heteroatoms.